The first-order valence-electron chi connectivity index (χ1n) is 6.19. The topological polar surface area (TPSA) is 57.8 Å². The van der Waals surface area contributed by atoms with E-state index in [0.29, 0.717) is 10.8 Å². The van der Waals surface area contributed by atoms with Crippen LogP contribution >= 0.6 is 11.6 Å². The van der Waals surface area contributed by atoms with Crippen LogP contribution in [0.5, 0.6) is 0 Å². The second-order valence-electron chi connectivity index (χ2n) is 4.44. The van der Waals surface area contributed by atoms with Gasteiger partial charge in [0.1, 0.15) is 5.82 Å². The fourth-order valence-electron chi connectivity index (χ4n) is 2.11. The molecule has 0 aliphatic heterocycles. The quantitative estimate of drug-likeness (QED) is 0.775. The van der Waals surface area contributed by atoms with Crippen molar-refractivity contribution in [1.82, 2.24) is 9.97 Å². The summed E-state index contributed by atoms with van der Waals surface area (Å²) in [4.78, 5) is 19.2. The lowest BCUT2D eigenvalue weighted by Gasteiger charge is -2.04. The lowest BCUT2D eigenvalue weighted by atomic mass is 10.1. The molecule has 2 heterocycles. The van der Waals surface area contributed by atoms with E-state index in [-0.39, 0.29) is 12.3 Å². The number of rotatable bonds is 3. The zero-order valence-electron chi connectivity index (χ0n) is 10.6. The number of halogens is 1. The van der Waals surface area contributed by atoms with Gasteiger partial charge < -0.3 is 10.3 Å². The molecule has 3 rings (SSSR count). The monoisotopic (exact) mass is 285 g/mol. The summed E-state index contributed by atoms with van der Waals surface area (Å²) in [6.07, 6.45) is 3.71. The molecule has 0 aliphatic rings. The van der Waals surface area contributed by atoms with E-state index in [1.807, 2.05) is 30.5 Å². The van der Waals surface area contributed by atoms with Gasteiger partial charge >= 0.3 is 0 Å². The molecule has 5 heteroatoms. The standard InChI is InChI=1S/C15H12ClN3O/c16-11-5-6-17-14(8-11)19-15(20)7-10-9-18-13-4-2-1-3-12(10)13/h1-6,8-9,18H,7H2,(H,17,19,20). The summed E-state index contributed by atoms with van der Waals surface area (Å²) in [6, 6.07) is 11.2. The van der Waals surface area contributed by atoms with Gasteiger partial charge in [-0.3, -0.25) is 4.79 Å². The summed E-state index contributed by atoms with van der Waals surface area (Å²) in [7, 11) is 0. The van der Waals surface area contributed by atoms with Crippen LogP contribution in [0, 0.1) is 0 Å². The van der Waals surface area contributed by atoms with Crippen molar-refractivity contribution >= 4 is 34.2 Å². The highest BCUT2D eigenvalue weighted by atomic mass is 35.5. The van der Waals surface area contributed by atoms with Crippen molar-refractivity contribution in [2.45, 2.75) is 6.42 Å². The predicted octanol–water partition coefficient (Wildman–Crippen LogP) is 3.40. The molecular formula is C15H12ClN3O. The van der Waals surface area contributed by atoms with Crippen LogP contribution in [0.15, 0.2) is 48.8 Å². The van der Waals surface area contributed by atoms with Gasteiger partial charge in [0.25, 0.3) is 0 Å². The number of carbonyl (C=O) groups is 1. The number of anilines is 1. The number of hydrogen-bond acceptors (Lipinski definition) is 2. The maximum absolute atomic E-state index is 12.0. The van der Waals surface area contributed by atoms with Crippen molar-refractivity contribution in [3.8, 4) is 0 Å². The number of nitrogens with zero attached hydrogens (tertiary/aromatic N) is 1. The van der Waals surface area contributed by atoms with Crippen LogP contribution in [-0.4, -0.2) is 15.9 Å². The summed E-state index contributed by atoms with van der Waals surface area (Å²) in [6.45, 7) is 0. The molecule has 0 atom stereocenters. The molecule has 100 valence electrons. The summed E-state index contributed by atoms with van der Waals surface area (Å²) in [5.74, 6) is 0.340. The normalized spacial score (nSPS) is 10.7. The summed E-state index contributed by atoms with van der Waals surface area (Å²) in [5, 5.41) is 4.34. The molecule has 0 bridgehead atoms. The zero-order valence-corrected chi connectivity index (χ0v) is 11.3. The Morgan fingerprint density at radius 1 is 1.30 bits per heavy atom. The maximum atomic E-state index is 12.0. The lowest BCUT2D eigenvalue weighted by molar-refractivity contribution is -0.115. The van der Waals surface area contributed by atoms with Crippen molar-refractivity contribution < 1.29 is 4.79 Å². The van der Waals surface area contributed by atoms with Gasteiger partial charge in [-0.15, -0.1) is 0 Å². The van der Waals surface area contributed by atoms with E-state index < -0.39 is 0 Å². The molecule has 1 amide bonds. The molecule has 1 aromatic carbocycles. The molecule has 20 heavy (non-hydrogen) atoms. The lowest BCUT2D eigenvalue weighted by Crippen LogP contribution is -2.15. The molecule has 0 saturated carbocycles. The van der Waals surface area contributed by atoms with Crippen LogP contribution < -0.4 is 5.32 Å². The molecule has 4 nitrogen and oxygen atoms in total. The van der Waals surface area contributed by atoms with Gasteiger partial charge in [-0.25, -0.2) is 4.98 Å². The highest BCUT2D eigenvalue weighted by molar-refractivity contribution is 6.30. The third-order valence-corrected chi connectivity index (χ3v) is 3.25. The minimum atomic E-state index is -0.121. The molecule has 2 aromatic heterocycles. The van der Waals surface area contributed by atoms with E-state index in [4.69, 9.17) is 11.6 Å². The second kappa shape index (κ2) is 5.35. The molecule has 0 saturated heterocycles. The molecule has 0 spiro atoms. The number of carbonyl (C=O) groups excluding carboxylic acids is 1. The van der Waals surface area contributed by atoms with E-state index in [2.05, 4.69) is 15.3 Å². The number of para-hydroxylation sites is 1. The third-order valence-electron chi connectivity index (χ3n) is 3.02. The molecule has 0 unspecified atom stereocenters. The first-order chi connectivity index (χ1) is 9.72. The average molecular weight is 286 g/mol. The minimum Gasteiger partial charge on any atom is -0.361 e. The van der Waals surface area contributed by atoms with Gasteiger partial charge in [0, 0.05) is 28.3 Å². The van der Waals surface area contributed by atoms with Crippen molar-refractivity contribution in [3.05, 3.63) is 59.4 Å². The zero-order chi connectivity index (χ0) is 13.9. The first-order valence-corrected chi connectivity index (χ1v) is 6.56. The fourth-order valence-corrected chi connectivity index (χ4v) is 2.27. The average Bonchev–Trinajstić information content (AvgIpc) is 2.82. The first kappa shape index (κ1) is 12.7. The molecule has 2 N–H and O–H groups in total. The summed E-state index contributed by atoms with van der Waals surface area (Å²) >= 11 is 5.85. The Balaban J connectivity index is 1.76. The molecule has 0 radical (unpaired) electrons. The minimum absolute atomic E-state index is 0.121. The molecule has 0 aliphatic carbocycles. The van der Waals surface area contributed by atoms with Crippen molar-refractivity contribution in [3.63, 3.8) is 0 Å². The number of H-pyrrole nitrogens is 1. The van der Waals surface area contributed by atoms with Crippen LogP contribution in [0.4, 0.5) is 5.82 Å². The highest BCUT2D eigenvalue weighted by Crippen LogP contribution is 2.18. The third kappa shape index (κ3) is 2.65. The van der Waals surface area contributed by atoms with E-state index in [1.54, 1.807) is 18.3 Å². The van der Waals surface area contributed by atoms with Gasteiger partial charge in [0.2, 0.25) is 5.91 Å². The van der Waals surface area contributed by atoms with E-state index in [0.717, 1.165) is 16.5 Å². The number of benzene rings is 1. The molecule has 3 aromatic rings. The van der Waals surface area contributed by atoms with Crippen LogP contribution in [-0.2, 0) is 11.2 Å². The number of aromatic amines is 1. The van der Waals surface area contributed by atoms with Crippen LogP contribution in [0.2, 0.25) is 5.02 Å². The number of amides is 1. The predicted molar refractivity (Wildman–Crippen MR) is 79.9 cm³/mol. The van der Waals surface area contributed by atoms with Crippen LogP contribution in [0.3, 0.4) is 0 Å². The van der Waals surface area contributed by atoms with Gasteiger partial charge in [-0.05, 0) is 23.8 Å². The van der Waals surface area contributed by atoms with Crippen molar-refractivity contribution in [2.75, 3.05) is 5.32 Å². The van der Waals surface area contributed by atoms with Crippen LogP contribution in [0.1, 0.15) is 5.56 Å². The fraction of sp³-hybridized carbons (Fsp3) is 0.0667. The number of nitrogens with one attached hydrogen (secondary N) is 2. The van der Waals surface area contributed by atoms with E-state index in [9.17, 15) is 4.79 Å². The Morgan fingerprint density at radius 3 is 3.00 bits per heavy atom. The highest BCUT2D eigenvalue weighted by Gasteiger charge is 2.09. The van der Waals surface area contributed by atoms with E-state index in [1.165, 1.54) is 0 Å². The summed E-state index contributed by atoms with van der Waals surface area (Å²) in [5.41, 5.74) is 1.98. The Kier molecular flexibility index (Phi) is 3.39. The molecular weight excluding hydrogens is 274 g/mol. The smallest absolute Gasteiger partial charge is 0.230 e. The maximum Gasteiger partial charge on any atom is 0.230 e. The van der Waals surface area contributed by atoms with Gasteiger partial charge in [-0.1, -0.05) is 29.8 Å². The largest absolute Gasteiger partial charge is 0.361 e. The van der Waals surface area contributed by atoms with E-state index >= 15 is 0 Å². The number of pyridine rings is 1. The Morgan fingerprint density at radius 2 is 2.15 bits per heavy atom. The van der Waals surface area contributed by atoms with Crippen molar-refractivity contribution in [1.29, 1.82) is 0 Å². The number of hydrogen-bond donors (Lipinski definition) is 2. The Bertz CT molecular complexity index is 766. The SMILES string of the molecule is O=C(Cc1c[nH]c2ccccc12)Nc1cc(Cl)ccn1. The Labute approximate surface area is 120 Å². The van der Waals surface area contributed by atoms with Crippen molar-refractivity contribution in [2.24, 2.45) is 0 Å². The van der Waals surface area contributed by atoms with Gasteiger partial charge in [-0.2, -0.15) is 0 Å². The Hall–Kier alpha value is -2.33. The number of aromatic nitrogens is 2. The van der Waals surface area contributed by atoms with Crippen LogP contribution in [0.25, 0.3) is 10.9 Å². The number of fused-ring (bicyclic) bond motifs is 1. The van der Waals surface area contributed by atoms with Gasteiger partial charge in [0.15, 0.2) is 0 Å². The van der Waals surface area contributed by atoms with Gasteiger partial charge in [0.05, 0.1) is 6.42 Å². The molecule has 0 fully saturated rings. The second-order valence-corrected chi connectivity index (χ2v) is 4.88. The summed E-state index contributed by atoms with van der Waals surface area (Å²) < 4.78 is 0.